The fourth-order valence-corrected chi connectivity index (χ4v) is 2.12. The van der Waals surface area contributed by atoms with Crippen molar-refractivity contribution in [3.05, 3.63) is 59.4 Å². The molecule has 0 aliphatic rings. The zero-order valence-corrected chi connectivity index (χ0v) is 11.1. The molecule has 0 saturated heterocycles. The van der Waals surface area contributed by atoms with Crippen molar-refractivity contribution in [3.63, 3.8) is 0 Å². The molecule has 2 N–H and O–H groups in total. The van der Waals surface area contributed by atoms with Crippen LogP contribution in [0.15, 0.2) is 36.7 Å². The number of carbonyl (C=O) groups is 1. The SMILES string of the molecule is Cc1ccc(F)c(C(=O)Nc2ccnc3[nH]ccc23)c1F. The van der Waals surface area contributed by atoms with Gasteiger partial charge in [0.1, 0.15) is 22.8 Å². The van der Waals surface area contributed by atoms with Crippen LogP contribution in [0.25, 0.3) is 11.0 Å². The van der Waals surface area contributed by atoms with Gasteiger partial charge in [-0.05, 0) is 30.7 Å². The molecule has 6 heteroatoms. The molecule has 0 unspecified atom stereocenters. The number of fused-ring (bicyclic) bond motifs is 1. The third-order valence-electron chi connectivity index (χ3n) is 3.22. The van der Waals surface area contributed by atoms with E-state index in [2.05, 4.69) is 15.3 Å². The summed E-state index contributed by atoms with van der Waals surface area (Å²) in [6.07, 6.45) is 3.17. The van der Waals surface area contributed by atoms with Crippen molar-refractivity contribution in [2.75, 3.05) is 5.32 Å². The number of aryl methyl sites for hydroxylation is 1. The first kappa shape index (κ1) is 13.2. The molecule has 106 valence electrons. The van der Waals surface area contributed by atoms with Crippen LogP contribution in [0.1, 0.15) is 15.9 Å². The number of carbonyl (C=O) groups excluding carboxylic acids is 1. The molecule has 0 spiro atoms. The lowest BCUT2D eigenvalue weighted by Gasteiger charge is -2.09. The van der Waals surface area contributed by atoms with Crippen molar-refractivity contribution in [1.82, 2.24) is 9.97 Å². The normalized spacial score (nSPS) is 10.8. The van der Waals surface area contributed by atoms with Crippen LogP contribution in [0.5, 0.6) is 0 Å². The summed E-state index contributed by atoms with van der Waals surface area (Å²) in [7, 11) is 0. The monoisotopic (exact) mass is 287 g/mol. The van der Waals surface area contributed by atoms with Crippen LogP contribution in [0, 0.1) is 18.6 Å². The maximum atomic E-state index is 14.0. The summed E-state index contributed by atoms with van der Waals surface area (Å²) in [5, 5.41) is 3.18. The topological polar surface area (TPSA) is 57.8 Å². The van der Waals surface area contributed by atoms with E-state index in [4.69, 9.17) is 0 Å². The standard InChI is InChI=1S/C15H11F2N3O/c1-8-2-3-10(16)12(13(8)17)15(21)20-11-5-7-19-14-9(11)4-6-18-14/h2-7H,1H3,(H2,18,19,20,21). The minimum Gasteiger partial charge on any atom is -0.346 e. The van der Waals surface area contributed by atoms with Gasteiger partial charge in [-0.25, -0.2) is 13.8 Å². The Bertz CT molecular complexity index is 842. The molecule has 3 rings (SSSR count). The third-order valence-corrected chi connectivity index (χ3v) is 3.22. The number of hydrogen-bond acceptors (Lipinski definition) is 2. The van der Waals surface area contributed by atoms with E-state index >= 15 is 0 Å². The number of aromatic nitrogens is 2. The summed E-state index contributed by atoms with van der Waals surface area (Å²) >= 11 is 0. The van der Waals surface area contributed by atoms with Gasteiger partial charge in [0.05, 0.1) is 5.69 Å². The van der Waals surface area contributed by atoms with Crippen molar-refractivity contribution in [2.24, 2.45) is 0 Å². The van der Waals surface area contributed by atoms with E-state index in [1.807, 2.05) is 0 Å². The van der Waals surface area contributed by atoms with Crippen molar-refractivity contribution in [3.8, 4) is 0 Å². The summed E-state index contributed by atoms with van der Waals surface area (Å²) in [4.78, 5) is 19.1. The highest BCUT2D eigenvalue weighted by molar-refractivity contribution is 6.08. The van der Waals surface area contributed by atoms with Gasteiger partial charge < -0.3 is 10.3 Å². The molecule has 0 bridgehead atoms. The Balaban J connectivity index is 2.01. The first-order valence-corrected chi connectivity index (χ1v) is 6.26. The minimum absolute atomic E-state index is 0.211. The smallest absolute Gasteiger partial charge is 0.261 e. The predicted octanol–water partition coefficient (Wildman–Crippen LogP) is 3.40. The molecule has 21 heavy (non-hydrogen) atoms. The Kier molecular flexibility index (Phi) is 3.13. The maximum absolute atomic E-state index is 14.0. The van der Waals surface area contributed by atoms with Gasteiger partial charge in [0, 0.05) is 17.8 Å². The Morgan fingerprint density at radius 1 is 1.24 bits per heavy atom. The van der Waals surface area contributed by atoms with E-state index in [1.54, 1.807) is 18.3 Å². The van der Waals surface area contributed by atoms with Gasteiger partial charge in [0.25, 0.3) is 5.91 Å². The Labute approximate surface area is 118 Å². The number of H-pyrrole nitrogens is 1. The van der Waals surface area contributed by atoms with E-state index in [1.165, 1.54) is 19.2 Å². The van der Waals surface area contributed by atoms with E-state index in [9.17, 15) is 13.6 Å². The van der Waals surface area contributed by atoms with Crippen LogP contribution < -0.4 is 5.32 Å². The van der Waals surface area contributed by atoms with Crippen LogP contribution in [-0.2, 0) is 0 Å². The largest absolute Gasteiger partial charge is 0.346 e. The molecule has 2 aromatic heterocycles. The molecule has 2 heterocycles. The highest BCUT2D eigenvalue weighted by Crippen LogP contribution is 2.23. The molecular weight excluding hydrogens is 276 g/mol. The second kappa shape index (κ2) is 4.97. The fraction of sp³-hybridized carbons (Fsp3) is 0.0667. The fourth-order valence-electron chi connectivity index (χ4n) is 2.12. The number of pyridine rings is 1. The molecule has 0 saturated carbocycles. The van der Waals surface area contributed by atoms with Gasteiger partial charge in [-0.1, -0.05) is 6.07 Å². The van der Waals surface area contributed by atoms with Gasteiger partial charge in [-0.3, -0.25) is 4.79 Å². The zero-order chi connectivity index (χ0) is 15.0. The molecule has 3 aromatic rings. The highest BCUT2D eigenvalue weighted by Gasteiger charge is 2.19. The summed E-state index contributed by atoms with van der Waals surface area (Å²) in [5.41, 5.74) is 0.642. The number of anilines is 1. The van der Waals surface area contributed by atoms with Crippen LogP contribution >= 0.6 is 0 Å². The molecule has 1 amide bonds. The number of halogens is 2. The highest BCUT2D eigenvalue weighted by atomic mass is 19.1. The average Bonchev–Trinajstić information content (AvgIpc) is 2.93. The van der Waals surface area contributed by atoms with E-state index < -0.39 is 23.1 Å². The quantitative estimate of drug-likeness (QED) is 0.759. The number of nitrogens with zero attached hydrogens (tertiary/aromatic N) is 1. The Morgan fingerprint density at radius 3 is 2.86 bits per heavy atom. The van der Waals surface area contributed by atoms with Gasteiger partial charge in [-0.2, -0.15) is 0 Å². The summed E-state index contributed by atoms with van der Waals surface area (Å²) in [6, 6.07) is 5.66. The van der Waals surface area contributed by atoms with Crippen molar-refractivity contribution < 1.29 is 13.6 Å². The number of rotatable bonds is 2. The van der Waals surface area contributed by atoms with Crippen LogP contribution in [0.4, 0.5) is 14.5 Å². The van der Waals surface area contributed by atoms with Crippen LogP contribution in [0.3, 0.4) is 0 Å². The molecule has 1 aromatic carbocycles. The molecule has 0 fully saturated rings. The summed E-state index contributed by atoms with van der Waals surface area (Å²) in [6.45, 7) is 1.47. The Hall–Kier alpha value is -2.76. The minimum atomic E-state index is -0.894. The molecule has 0 aliphatic carbocycles. The zero-order valence-electron chi connectivity index (χ0n) is 11.1. The van der Waals surface area contributed by atoms with Crippen molar-refractivity contribution in [2.45, 2.75) is 6.92 Å². The molecule has 4 nitrogen and oxygen atoms in total. The van der Waals surface area contributed by atoms with Crippen LogP contribution in [-0.4, -0.2) is 15.9 Å². The maximum Gasteiger partial charge on any atom is 0.261 e. The number of hydrogen-bond donors (Lipinski definition) is 2. The van der Waals surface area contributed by atoms with Crippen molar-refractivity contribution >= 4 is 22.6 Å². The number of aromatic amines is 1. The molecule has 0 radical (unpaired) electrons. The number of nitrogens with one attached hydrogen (secondary N) is 2. The van der Waals surface area contributed by atoms with Gasteiger partial charge in [0.2, 0.25) is 0 Å². The number of amides is 1. The van der Waals surface area contributed by atoms with Gasteiger partial charge >= 0.3 is 0 Å². The molecule has 0 atom stereocenters. The van der Waals surface area contributed by atoms with Crippen LogP contribution in [0.2, 0.25) is 0 Å². The first-order valence-electron chi connectivity index (χ1n) is 6.26. The summed E-state index contributed by atoms with van der Waals surface area (Å²) < 4.78 is 27.7. The third kappa shape index (κ3) is 2.24. The second-order valence-electron chi connectivity index (χ2n) is 4.61. The predicted molar refractivity (Wildman–Crippen MR) is 75.1 cm³/mol. The van der Waals surface area contributed by atoms with E-state index in [-0.39, 0.29) is 5.56 Å². The number of benzene rings is 1. The Morgan fingerprint density at radius 2 is 2.05 bits per heavy atom. The lowest BCUT2D eigenvalue weighted by atomic mass is 10.1. The average molecular weight is 287 g/mol. The van der Waals surface area contributed by atoms with E-state index in [0.717, 1.165) is 6.07 Å². The lowest BCUT2D eigenvalue weighted by molar-refractivity contribution is 0.101. The van der Waals surface area contributed by atoms with Gasteiger partial charge in [-0.15, -0.1) is 0 Å². The lowest BCUT2D eigenvalue weighted by Crippen LogP contribution is -2.16. The first-order chi connectivity index (χ1) is 10.1. The molecule has 0 aliphatic heterocycles. The molecular formula is C15H11F2N3O. The second-order valence-corrected chi connectivity index (χ2v) is 4.61. The van der Waals surface area contributed by atoms with E-state index in [0.29, 0.717) is 16.7 Å². The summed E-state index contributed by atoms with van der Waals surface area (Å²) in [5.74, 6) is -2.58. The van der Waals surface area contributed by atoms with Crippen molar-refractivity contribution in [1.29, 1.82) is 0 Å². The van der Waals surface area contributed by atoms with Gasteiger partial charge in [0.15, 0.2) is 0 Å².